The minimum atomic E-state index is -3.44. The maximum atomic E-state index is 12.7. The van der Waals surface area contributed by atoms with Gasteiger partial charge in [-0.05, 0) is 23.1 Å². The summed E-state index contributed by atoms with van der Waals surface area (Å²) in [5.41, 5.74) is 6.73. The Kier molecular flexibility index (Phi) is 8.56. The molecule has 0 radical (unpaired) electrons. The second-order valence-electron chi connectivity index (χ2n) is 8.53. The number of nitrogens with two attached hydrogens (primary N) is 1. The molecule has 3 atom stereocenters. The fourth-order valence-electron chi connectivity index (χ4n) is 3.69. The van der Waals surface area contributed by atoms with Crippen LogP contribution < -0.4 is 21.3 Å². The Morgan fingerprint density at radius 2 is 2.16 bits per heavy atom. The first-order valence-corrected chi connectivity index (χ1v) is 14.2. The third-order valence-electron chi connectivity index (χ3n) is 5.74. The SMILES string of the molecule is COc1cccc(CNC(=O)c2nc3scc(COCC4COC(C(N)S(C)(=O)=O)CO4)c3c(=O)[nH]2)c1. The summed E-state index contributed by atoms with van der Waals surface area (Å²) in [5, 5.41) is 3.70. The van der Waals surface area contributed by atoms with Crippen LogP contribution >= 0.6 is 11.3 Å². The number of sulfone groups is 1. The number of aromatic nitrogens is 2. The first-order valence-electron chi connectivity index (χ1n) is 11.3. The topological polar surface area (TPSA) is 172 Å². The standard InChI is InChI=1S/C23H28N4O8S2/c1-32-15-5-3-4-13(6-15)7-25-22(29)20-26-21(28)18-14(12-36-23(18)27-20)8-33-9-16-10-35-17(11-34-16)19(24)37(2,30)31/h3-6,12,16-17,19H,7-11,24H2,1-2H3,(H,25,29)(H,26,27,28). The van der Waals surface area contributed by atoms with Crippen LogP contribution in [0.2, 0.25) is 0 Å². The van der Waals surface area contributed by atoms with Crippen molar-refractivity contribution >= 4 is 37.3 Å². The summed E-state index contributed by atoms with van der Waals surface area (Å²) in [7, 11) is -1.88. The quantitative estimate of drug-likeness (QED) is 0.323. The number of thiophene rings is 1. The third-order valence-corrected chi connectivity index (χ3v) is 7.95. The number of carbonyl (C=O) groups excluding carboxylic acids is 1. The smallest absolute Gasteiger partial charge is 0.287 e. The van der Waals surface area contributed by atoms with Crippen molar-refractivity contribution < 1.29 is 32.2 Å². The van der Waals surface area contributed by atoms with Crippen LogP contribution in [0.25, 0.3) is 10.2 Å². The molecule has 1 amide bonds. The normalized spacial score (nSPS) is 19.0. The van der Waals surface area contributed by atoms with Crippen molar-refractivity contribution in [3.63, 3.8) is 0 Å². The molecular weight excluding hydrogens is 524 g/mol. The summed E-state index contributed by atoms with van der Waals surface area (Å²) in [6.07, 6.45) is -0.0850. The van der Waals surface area contributed by atoms with E-state index in [-0.39, 0.29) is 38.8 Å². The molecule has 0 aliphatic carbocycles. The van der Waals surface area contributed by atoms with Crippen LogP contribution in [0.4, 0.5) is 0 Å². The van der Waals surface area contributed by atoms with Crippen molar-refractivity contribution in [2.45, 2.75) is 30.7 Å². The van der Waals surface area contributed by atoms with Crippen LogP contribution in [0.5, 0.6) is 5.75 Å². The molecule has 14 heteroatoms. The molecule has 1 aliphatic rings. The molecule has 0 spiro atoms. The van der Waals surface area contributed by atoms with Gasteiger partial charge in [-0.15, -0.1) is 11.3 Å². The van der Waals surface area contributed by atoms with Crippen molar-refractivity contribution in [3.05, 3.63) is 57.0 Å². The molecular formula is C23H28N4O8S2. The van der Waals surface area contributed by atoms with Crippen molar-refractivity contribution in [3.8, 4) is 5.75 Å². The van der Waals surface area contributed by atoms with Gasteiger partial charge in [0.15, 0.2) is 9.84 Å². The first kappa shape index (κ1) is 27.2. The van der Waals surface area contributed by atoms with Crippen LogP contribution in [0, 0.1) is 0 Å². The van der Waals surface area contributed by atoms with Crippen molar-refractivity contribution in [2.75, 3.05) is 33.2 Å². The van der Waals surface area contributed by atoms with Crippen LogP contribution in [0.3, 0.4) is 0 Å². The molecule has 0 saturated carbocycles. The van der Waals surface area contributed by atoms with Gasteiger partial charge >= 0.3 is 0 Å². The zero-order chi connectivity index (χ0) is 26.6. The van der Waals surface area contributed by atoms with E-state index in [0.29, 0.717) is 21.5 Å². The van der Waals surface area contributed by atoms with Crippen LogP contribution in [0.1, 0.15) is 21.7 Å². The van der Waals surface area contributed by atoms with Crippen molar-refractivity contribution in [1.29, 1.82) is 0 Å². The third kappa shape index (κ3) is 6.71. The maximum Gasteiger partial charge on any atom is 0.287 e. The van der Waals surface area contributed by atoms with Crippen molar-refractivity contribution in [2.24, 2.45) is 5.73 Å². The number of hydrogen-bond donors (Lipinski definition) is 3. The molecule has 3 aromatic rings. The molecule has 12 nitrogen and oxygen atoms in total. The average Bonchev–Trinajstić information content (AvgIpc) is 3.30. The molecule has 37 heavy (non-hydrogen) atoms. The Labute approximate surface area is 217 Å². The van der Waals surface area contributed by atoms with E-state index in [4.69, 9.17) is 24.7 Å². The lowest BCUT2D eigenvalue weighted by molar-refractivity contribution is -0.152. The predicted molar refractivity (Wildman–Crippen MR) is 136 cm³/mol. The highest BCUT2D eigenvalue weighted by Crippen LogP contribution is 2.22. The number of rotatable bonds is 10. The Hall–Kier alpha value is -2.88. The van der Waals surface area contributed by atoms with E-state index >= 15 is 0 Å². The summed E-state index contributed by atoms with van der Waals surface area (Å²) in [6, 6.07) is 7.28. The highest BCUT2D eigenvalue weighted by molar-refractivity contribution is 7.91. The average molecular weight is 553 g/mol. The molecule has 4 N–H and O–H groups in total. The van der Waals surface area contributed by atoms with Gasteiger partial charge in [0.1, 0.15) is 28.2 Å². The molecule has 1 fully saturated rings. The lowest BCUT2D eigenvalue weighted by Crippen LogP contribution is -2.50. The maximum absolute atomic E-state index is 12.7. The fourth-order valence-corrected chi connectivity index (χ4v) is 5.32. The molecule has 3 heterocycles. The Balaban J connectivity index is 1.31. The molecule has 200 valence electrons. The number of aromatic amines is 1. The molecule has 0 bridgehead atoms. The minimum absolute atomic E-state index is 0.0376. The van der Waals surface area contributed by atoms with Gasteiger partial charge in [-0.2, -0.15) is 0 Å². The number of ether oxygens (including phenoxy) is 4. The Morgan fingerprint density at radius 3 is 2.86 bits per heavy atom. The largest absolute Gasteiger partial charge is 0.497 e. The fraction of sp³-hybridized carbons (Fsp3) is 0.435. The van der Waals surface area contributed by atoms with Crippen LogP contribution in [-0.2, 0) is 37.2 Å². The van der Waals surface area contributed by atoms with E-state index in [0.717, 1.165) is 11.8 Å². The van der Waals surface area contributed by atoms with Gasteiger partial charge in [-0.25, -0.2) is 13.4 Å². The van der Waals surface area contributed by atoms with E-state index in [1.165, 1.54) is 11.3 Å². The Morgan fingerprint density at radius 1 is 1.35 bits per heavy atom. The van der Waals surface area contributed by atoms with E-state index in [9.17, 15) is 18.0 Å². The number of H-pyrrole nitrogens is 1. The second-order valence-corrected chi connectivity index (χ2v) is 11.6. The predicted octanol–water partition coefficient (Wildman–Crippen LogP) is 0.553. The number of carbonyl (C=O) groups is 1. The lowest BCUT2D eigenvalue weighted by Gasteiger charge is -2.31. The molecule has 1 aliphatic heterocycles. The molecule has 3 unspecified atom stereocenters. The summed E-state index contributed by atoms with van der Waals surface area (Å²) in [5.74, 6) is 0.0941. The molecule has 1 aromatic carbocycles. The number of benzene rings is 1. The van der Waals surface area contributed by atoms with Crippen LogP contribution in [0.15, 0.2) is 34.4 Å². The van der Waals surface area contributed by atoms with Gasteiger partial charge in [-0.3, -0.25) is 9.59 Å². The van der Waals surface area contributed by atoms with Gasteiger partial charge in [-0.1, -0.05) is 12.1 Å². The number of hydrogen-bond acceptors (Lipinski definition) is 11. The minimum Gasteiger partial charge on any atom is -0.497 e. The van der Waals surface area contributed by atoms with Gasteiger partial charge in [0.2, 0.25) is 5.82 Å². The Bertz CT molecular complexity index is 1410. The summed E-state index contributed by atoms with van der Waals surface area (Å²) in [4.78, 5) is 32.6. The zero-order valence-corrected chi connectivity index (χ0v) is 21.9. The van der Waals surface area contributed by atoms with E-state index in [2.05, 4.69) is 15.3 Å². The van der Waals surface area contributed by atoms with Gasteiger partial charge in [0, 0.05) is 18.4 Å². The number of fused-ring (bicyclic) bond motifs is 1. The van der Waals surface area contributed by atoms with Gasteiger partial charge in [0.25, 0.3) is 11.5 Å². The van der Waals surface area contributed by atoms with Crippen molar-refractivity contribution in [1.82, 2.24) is 15.3 Å². The van der Waals surface area contributed by atoms with E-state index in [1.54, 1.807) is 24.6 Å². The number of nitrogens with zero attached hydrogens (tertiary/aromatic N) is 1. The molecule has 4 rings (SSSR count). The number of amides is 1. The summed E-state index contributed by atoms with van der Waals surface area (Å²) < 4.78 is 45.2. The summed E-state index contributed by atoms with van der Waals surface area (Å²) >= 11 is 1.24. The van der Waals surface area contributed by atoms with E-state index < -0.39 is 38.9 Å². The summed E-state index contributed by atoms with van der Waals surface area (Å²) in [6.45, 7) is 0.715. The monoisotopic (exact) mass is 552 g/mol. The van der Waals surface area contributed by atoms with Gasteiger partial charge in [0.05, 0.1) is 38.9 Å². The zero-order valence-electron chi connectivity index (χ0n) is 20.3. The molecule has 2 aromatic heterocycles. The lowest BCUT2D eigenvalue weighted by atomic mass is 10.2. The highest BCUT2D eigenvalue weighted by Gasteiger charge is 2.32. The van der Waals surface area contributed by atoms with Crippen LogP contribution in [-0.4, -0.2) is 75.1 Å². The van der Waals surface area contributed by atoms with E-state index in [1.807, 2.05) is 12.1 Å². The highest BCUT2D eigenvalue weighted by atomic mass is 32.2. The number of methoxy groups -OCH3 is 1. The first-order chi connectivity index (χ1) is 17.7. The second kappa shape index (κ2) is 11.7. The number of nitrogens with one attached hydrogen (secondary N) is 2. The molecule has 1 saturated heterocycles. The van der Waals surface area contributed by atoms with Gasteiger partial charge < -0.3 is 35.0 Å².